The number of anilines is 1. The Morgan fingerprint density at radius 2 is 1.76 bits per heavy atom. The van der Waals surface area contributed by atoms with Gasteiger partial charge in [-0.2, -0.15) is 0 Å². The summed E-state index contributed by atoms with van der Waals surface area (Å²) in [6.07, 6.45) is 1.83. The van der Waals surface area contributed by atoms with Crippen LogP contribution in [0.15, 0.2) is 75.7 Å². The molecule has 0 unspecified atom stereocenters. The van der Waals surface area contributed by atoms with Crippen molar-refractivity contribution in [2.45, 2.75) is 33.7 Å². The van der Waals surface area contributed by atoms with E-state index in [1.807, 2.05) is 60.7 Å². The van der Waals surface area contributed by atoms with E-state index in [1.165, 1.54) is 11.3 Å². The van der Waals surface area contributed by atoms with Crippen LogP contribution in [0.25, 0.3) is 16.8 Å². The second-order valence-electron chi connectivity index (χ2n) is 9.80. The highest BCUT2D eigenvalue weighted by molar-refractivity contribution is 7.07. The summed E-state index contributed by atoms with van der Waals surface area (Å²) in [4.78, 5) is 35.2. The van der Waals surface area contributed by atoms with Crippen LogP contribution in [0.4, 0.5) is 5.69 Å². The lowest BCUT2D eigenvalue weighted by atomic mass is 9.90. The van der Waals surface area contributed by atoms with Crippen molar-refractivity contribution in [3.63, 3.8) is 0 Å². The highest BCUT2D eigenvalue weighted by atomic mass is 32.1. The number of rotatable bonds is 9. The number of benzene rings is 3. The van der Waals surface area contributed by atoms with E-state index in [0.29, 0.717) is 37.7 Å². The number of ether oxygens (including phenoxy) is 3. The molecular weight excluding hydrogens is 550 g/mol. The molecule has 0 aliphatic carbocycles. The number of nitrogens with zero attached hydrogens (tertiary/aromatic N) is 3. The fourth-order valence-corrected chi connectivity index (χ4v) is 6.58. The second kappa shape index (κ2) is 12.2. The summed E-state index contributed by atoms with van der Waals surface area (Å²) in [5.41, 5.74) is 3.09. The quantitative estimate of drug-likeness (QED) is 0.262. The highest BCUT2D eigenvalue weighted by Crippen LogP contribution is 2.40. The molecule has 1 aliphatic rings. The van der Waals surface area contributed by atoms with Gasteiger partial charge < -0.3 is 19.1 Å². The summed E-state index contributed by atoms with van der Waals surface area (Å²) in [7, 11) is 3.22. The number of aromatic nitrogens is 1. The van der Waals surface area contributed by atoms with E-state index < -0.39 is 12.0 Å². The van der Waals surface area contributed by atoms with Crippen LogP contribution in [-0.2, 0) is 9.53 Å². The van der Waals surface area contributed by atoms with Crippen LogP contribution in [0, 0.1) is 0 Å². The Labute approximate surface area is 248 Å². The van der Waals surface area contributed by atoms with Crippen molar-refractivity contribution in [1.82, 2.24) is 4.57 Å². The third-order valence-electron chi connectivity index (χ3n) is 7.57. The Hall–Kier alpha value is -4.37. The zero-order valence-corrected chi connectivity index (χ0v) is 25.6. The van der Waals surface area contributed by atoms with Gasteiger partial charge in [0.25, 0.3) is 5.56 Å². The van der Waals surface area contributed by atoms with Crippen LogP contribution < -0.4 is 29.3 Å². The molecule has 1 aromatic heterocycles. The minimum Gasteiger partial charge on any atom is -0.496 e. The number of carbonyl (C=O) groups is 1. The Morgan fingerprint density at radius 3 is 2.45 bits per heavy atom. The molecule has 0 saturated heterocycles. The van der Waals surface area contributed by atoms with Gasteiger partial charge >= 0.3 is 5.97 Å². The molecule has 5 rings (SSSR count). The van der Waals surface area contributed by atoms with Gasteiger partial charge in [-0.15, -0.1) is 0 Å². The predicted octanol–water partition coefficient (Wildman–Crippen LogP) is 4.81. The molecule has 4 aromatic rings. The van der Waals surface area contributed by atoms with Gasteiger partial charge in [0.15, 0.2) is 4.80 Å². The molecule has 0 fully saturated rings. The van der Waals surface area contributed by atoms with Crippen molar-refractivity contribution in [3.05, 3.63) is 96.7 Å². The maximum absolute atomic E-state index is 14.3. The number of hydrogen-bond donors (Lipinski definition) is 0. The standard InChI is InChI=1S/C33H35N3O5S/c1-7-35(8-2)23-16-14-22(26(19-23)40-6)18-27-31(37)36-30(28(32(38)41-9-3)20(4)34-33(36)42-27)29-24-13-11-10-12-21(24)15-17-25(29)39-5/h10-19,30H,7-9H2,1-6H3/t30-/m1/s1. The SMILES string of the molecule is CCOC(=O)C1=C(C)N=c2sc(=Cc3ccc(N(CC)CC)cc3OC)c(=O)n2[C@H]1c1c(OC)ccc2ccccc12. The molecule has 218 valence electrons. The Kier molecular flexibility index (Phi) is 8.49. The summed E-state index contributed by atoms with van der Waals surface area (Å²) < 4.78 is 19.1. The topological polar surface area (TPSA) is 82.4 Å². The van der Waals surface area contributed by atoms with E-state index in [0.717, 1.165) is 35.1 Å². The van der Waals surface area contributed by atoms with E-state index in [1.54, 1.807) is 32.6 Å². The van der Waals surface area contributed by atoms with Crippen molar-refractivity contribution in [2.75, 3.05) is 38.8 Å². The maximum Gasteiger partial charge on any atom is 0.338 e. The van der Waals surface area contributed by atoms with Gasteiger partial charge in [0.2, 0.25) is 0 Å². The molecule has 8 nitrogen and oxygen atoms in total. The lowest BCUT2D eigenvalue weighted by Gasteiger charge is -2.27. The molecule has 0 amide bonds. The monoisotopic (exact) mass is 585 g/mol. The first-order chi connectivity index (χ1) is 20.4. The number of thiazole rings is 1. The minimum atomic E-state index is -0.796. The first-order valence-corrected chi connectivity index (χ1v) is 14.9. The van der Waals surface area contributed by atoms with Crippen molar-refractivity contribution in [2.24, 2.45) is 4.99 Å². The molecule has 1 atom stereocenters. The second-order valence-corrected chi connectivity index (χ2v) is 10.8. The average Bonchev–Trinajstić information content (AvgIpc) is 3.30. The van der Waals surface area contributed by atoms with Crippen molar-refractivity contribution in [3.8, 4) is 11.5 Å². The third-order valence-corrected chi connectivity index (χ3v) is 8.56. The Bertz CT molecular complexity index is 1870. The summed E-state index contributed by atoms with van der Waals surface area (Å²) in [5.74, 6) is 0.723. The molecule has 2 heterocycles. The van der Waals surface area contributed by atoms with E-state index in [9.17, 15) is 9.59 Å². The highest BCUT2D eigenvalue weighted by Gasteiger charge is 2.36. The number of methoxy groups -OCH3 is 2. The van der Waals surface area contributed by atoms with E-state index in [4.69, 9.17) is 19.2 Å². The van der Waals surface area contributed by atoms with Crippen LogP contribution in [0.3, 0.4) is 0 Å². The van der Waals surface area contributed by atoms with E-state index >= 15 is 0 Å². The van der Waals surface area contributed by atoms with Gasteiger partial charge in [0.1, 0.15) is 17.5 Å². The average molecular weight is 586 g/mol. The first-order valence-electron chi connectivity index (χ1n) is 14.0. The Morgan fingerprint density at radius 1 is 1.02 bits per heavy atom. The molecule has 1 aliphatic heterocycles. The summed E-state index contributed by atoms with van der Waals surface area (Å²) in [5, 5.41) is 1.84. The fraction of sp³-hybridized carbons (Fsp3) is 0.303. The minimum absolute atomic E-state index is 0.197. The third kappa shape index (κ3) is 5.09. The number of carbonyl (C=O) groups excluding carboxylic acids is 1. The zero-order valence-electron chi connectivity index (χ0n) is 24.8. The molecule has 0 bridgehead atoms. The Balaban J connectivity index is 1.78. The van der Waals surface area contributed by atoms with Crippen LogP contribution in [0.5, 0.6) is 11.5 Å². The van der Waals surface area contributed by atoms with Crippen LogP contribution in [0.2, 0.25) is 0 Å². The molecule has 0 saturated carbocycles. The van der Waals surface area contributed by atoms with Crippen LogP contribution in [0.1, 0.15) is 44.9 Å². The molecule has 9 heteroatoms. The molecule has 42 heavy (non-hydrogen) atoms. The normalized spacial score (nSPS) is 14.9. The summed E-state index contributed by atoms with van der Waals surface area (Å²) >= 11 is 1.28. The number of allylic oxidation sites excluding steroid dienone is 1. The van der Waals surface area contributed by atoms with Gasteiger partial charge in [0, 0.05) is 36.0 Å². The molecule has 0 N–H and O–H groups in total. The van der Waals surface area contributed by atoms with Gasteiger partial charge in [-0.25, -0.2) is 9.79 Å². The largest absolute Gasteiger partial charge is 0.496 e. The van der Waals surface area contributed by atoms with Gasteiger partial charge in [-0.3, -0.25) is 9.36 Å². The van der Waals surface area contributed by atoms with Crippen molar-refractivity contribution < 1.29 is 19.0 Å². The van der Waals surface area contributed by atoms with Gasteiger partial charge in [-0.1, -0.05) is 41.7 Å². The number of hydrogen-bond acceptors (Lipinski definition) is 8. The zero-order chi connectivity index (χ0) is 30.0. The smallest absolute Gasteiger partial charge is 0.338 e. The number of esters is 1. The van der Waals surface area contributed by atoms with Gasteiger partial charge in [-0.05, 0) is 62.7 Å². The lowest BCUT2D eigenvalue weighted by Crippen LogP contribution is -2.40. The fourth-order valence-electron chi connectivity index (χ4n) is 5.55. The number of fused-ring (bicyclic) bond motifs is 2. The molecular formula is C33H35N3O5S. The maximum atomic E-state index is 14.3. The molecule has 3 aromatic carbocycles. The summed E-state index contributed by atoms with van der Waals surface area (Å²) in [6.45, 7) is 9.70. The predicted molar refractivity (Wildman–Crippen MR) is 167 cm³/mol. The molecule has 0 spiro atoms. The van der Waals surface area contributed by atoms with Gasteiger partial charge in [0.05, 0.1) is 36.6 Å². The van der Waals surface area contributed by atoms with E-state index in [-0.39, 0.29) is 12.2 Å². The van der Waals surface area contributed by atoms with E-state index in [2.05, 4.69) is 18.7 Å². The van der Waals surface area contributed by atoms with Crippen molar-refractivity contribution >= 4 is 39.8 Å². The molecule has 0 radical (unpaired) electrons. The lowest BCUT2D eigenvalue weighted by molar-refractivity contribution is -0.139. The first kappa shape index (κ1) is 29.1. The van der Waals surface area contributed by atoms with Crippen LogP contribution in [-0.4, -0.2) is 44.5 Å². The summed E-state index contributed by atoms with van der Waals surface area (Å²) in [6, 6.07) is 16.9. The van der Waals surface area contributed by atoms with Crippen molar-refractivity contribution in [1.29, 1.82) is 0 Å². The van der Waals surface area contributed by atoms with Crippen LogP contribution >= 0.6 is 11.3 Å².